The largest absolute Gasteiger partial charge is 0.494 e. The second-order valence-corrected chi connectivity index (χ2v) is 6.92. The minimum Gasteiger partial charge on any atom is -0.494 e. The molecule has 2 aliphatic rings. The van der Waals surface area contributed by atoms with Crippen LogP contribution >= 0.6 is 11.8 Å². The number of fused-ring (bicyclic) bond motifs is 2. The van der Waals surface area contributed by atoms with E-state index in [1.54, 1.807) is 16.4 Å². The molecular formula is C19H16N4O3S. The summed E-state index contributed by atoms with van der Waals surface area (Å²) in [5.74, 6) is 3.78. The lowest BCUT2D eigenvalue weighted by molar-refractivity contribution is 0.174. The van der Waals surface area contributed by atoms with E-state index in [0.29, 0.717) is 12.4 Å². The summed E-state index contributed by atoms with van der Waals surface area (Å²) in [6.07, 6.45) is 0. The third-order valence-corrected chi connectivity index (χ3v) is 5.23. The molecule has 0 bridgehead atoms. The van der Waals surface area contributed by atoms with Gasteiger partial charge in [0.25, 0.3) is 0 Å². The normalized spacial score (nSPS) is 14.6. The topological polar surface area (TPSA) is 70.8 Å². The van der Waals surface area contributed by atoms with E-state index in [9.17, 15) is 0 Å². The molecule has 0 aliphatic carbocycles. The van der Waals surface area contributed by atoms with Crippen molar-refractivity contribution in [3.05, 3.63) is 48.0 Å². The zero-order valence-electron chi connectivity index (χ0n) is 14.6. The van der Waals surface area contributed by atoms with Crippen LogP contribution in [0, 0.1) is 0 Å². The van der Waals surface area contributed by atoms with E-state index in [1.807, 2.05) is 49.4 Å². The van der Waals surface area contributed by atoms with Crippen LogP contribution in [0.4, 0.5) is 0 Å². The van der Waals surface area contributed by atoms with Crippen LogP contribution in [-0.4, -0.2) is 39.7 Å². The molecule has 2 aromatic carbocycles. The summed E-state index contributed by atoms with van der Waals surface area (Å²) in [5, 5.41) is 14.2. The van der Waals surface area contributed by atoms with Crippen LogP contribution < -0.4 is 14.2 Å². The lowest BCUT2D eigenvalue weighted by atomic mass is 10.1. The fourth-order valence-corrected chi connectivity index (χ4v) is 3.83. The molecule has 0 saturated heterocycles. The molecule has 8 heteroatoms. The van der Waals surface area contributed by atoms with Crippen molar-refractivity contribution < 1.29 is 14.2 Å². The van der Waals surface area contributed by atoms with Gasteiger partial charge >= 0.3 is 0 Å². The molecule has 0 unspecified atom stereocenters. The van der Waals surface area contributed by atoms with E-state index in [0.717, 1.165) is 45.0 Å². The highest BCUT2D eigenvalue weighted by Crippen LogP contribution is 2.34. The Labute approximate surface area is 160 Å². The standard InChI is InChI=1S/C19H16N4O3S/c1-2-24-14-6-3-12(4-7-14)18-20-21-19-23(18)22-15(10-27-19)13-5-8-16-17(9-13)26-11-25-16/h3-9H,2,10-11H2,1H3. The van der Waals surface area contributed by atoms with Crippen molar-refractivity contribution in [2.24, 2.45) is 5.10 Å². The van der Waals surface area contributed by atoms with Crippen LogP contribution in [-0.2, 0) is 0 Å². The first-order chi connectivity index (χ1) is 13.3. The average Bonchev–Trinajstić information content (AvgIpc) is 3.34. The van der Waals surface area contributed by atoms with E-state index >= 15 is 0 Å². The molecule has 3 heterocycles. The van der Waals surface area contributed by atoms with Gasteiger partial charge in [-0.3, -0.25) is 0 Å². The summed E-state index contributed by atoms with van der Waals surface area (Å²) in [7, 11) is 0. The first-order valence-corrected chi connectivity index (χ1v) is 9.59. The summed E-state index contributed by atoms with van der Waals surface area (Å²) >= 11 is 1.61. The molecule has 3 aromatic rings. The fraction of sp³-hybridized carbons (Fsp3) is 0.211. The maximum atomic E-state index is 5.51. The van der Waals surface area contributed by atoms with Crippen molar-refractivity contribution in [1.82, 2.24) is 14.9 Å². The van der Waals surface area contributed by atoms with Gasteiger partial charge in [0.05, 0.1) is 12.3 Å². The van der Waals surface area contributed by atoms with Crippen molar-refractivity contribution in [3.63, 3.8) is 0 Å². The van der Waals surface area contributed by atoms with Gasteiger partial charge in [-0.15, -0.1) is 10.2 Å². The second-order valence-electron chi connectivity index (χ2n) is 5.98. The smallest absolute Gasteiger partial charge is 0.231 e. The Balaban J connectivity index is 1.51. The Morgan fingerprint density at radius 2 is 1.85 bits per heavy atom. The van der Waals surface area contributed by atoms with Gasteiger partial charge in [-0.2, -0.15) is 9.78 Å². The summed E-state index contributed by atoms with van der Waals surface area (Å²) in [6, 6.07) is 13.7. The molecule has 2 aliphatic heterocycles. The molecule has 0 spiro atoms. The number of nitrogens with zero attached hydrogens (tertiary/aromatic N) is 4. The van der Waals surface area contributed by atoms with E-state index in [-0.39, 0.29) is 6.79 Å². The van der Waals surface area contributed by atoms with Crippen LogP contribution in [0.1, 0.15) is 12.5 Å². The Bertz CT molecular complexity index is 1030. The quantitative estimate of drug-likeness (QED) is 0.691. The molecule has 1 aromatic heterocycles. The number of rotatable bonds is 4. The Morgan fingerprint density at radius 3 is 2.70 bits per heavy atom. The van der Waals surface area contributed by atoms with E-state index in [2.05, 4.69) is 10.2 Å². The molecule has 0 fully saturated rings. The highest BCUT2D eigenvalue weighted by atomic mass is 32.2. The number of thioether (sulfide) groups is 1. The Morgan fingerprint density at radius 1 is 1.04 bits per heavy atom. The maximum Gasteiger partial charge on any atom is 0.231 e. The first kappa shape index (κ1) is 16.2. The lowest BCUT2D eigenvalue weighted by Crippen LogP contribution is -2.13. The minimum absolute atomic E-state index is 0.261. The molecule has 7 nitrogen and oxygen atoms in total. The van der Waals surface area contributed by atoms with Crippen molar-refractivity contribution >= 4 is 17.5 Å². The van der Waals surface area contributed by atoms with Gasteiger partial charge in [-0.25, -0.2) is 0 Å². The molecule has 0 radical (unpaired) electrons. The monoisotopic (exact) mass is 380 g/mol. The highest BCUT2D eigenvalue weighted by molar-refractivity contribution is 7.99. The number of hydrogen-bond donors (Lipinski definition) is 0. The van der Waals surface area contributed by atoms with Gasteiger partial charge in [0.2, 0.25) is 11.9 Å². The van der Waals surface area contributed by atoms with Crippen molar-refractivity contribution in [1.29, 1.82) is 0 Å². The van der Waals surface area contributed by atoms with Crippen molar-refractivity contribution in [2.45, 2.75) is 12.1 Å². The van der Waals surface area contributed by atoms with Crippen LogP contribution in [0.15, 0.2) is 52.7 Å². The SMILES string of the molecule is CCOc1ccc(-c2nnc3n2N=C(c2ccc4c(c2)OCO4)CS3)cc1. The number of hydrogen-bond acceptors (Lipinski definition) is 7. The van der Waals surface area contributed by atoms with Gasteiger partial charge in [-0.1, -0.05) is 11.8 Å². The molecule has 27 heavy (non-hydrogen) atoms. The molecule has 5 rings (SSSR count). The second kappa shape index (κ2) is 6.62. The number of benzene rings is 2. The third-order valence-electron chi connectivity index (χ3n) is 4.30. The van der Waals surface area contributed by atoms with Crippen LogP contribution in [0.25, 0.3) is 11.4 Å². The molecule has 0 N–H and O–H groups in total. The zero-order chi connectivity index (χ0) is 18.2. The van der Waals surface area contributed by atoms with Gasteiger partial charge in [0, 0.05) is 16.9 Å². The number of aromatic nitrogens is 3. The maximum absolute atomic E-state index is 5.51. The van der Waals surface area contributed by atoms with Gasteiger partial charge in [0.15, 0.2) is 17.3 Å². The van der Waals surface area contributed by atoms with E-state index in [1.165, 1.54) is 0 Å². The fourth-order valence-electron chi connectivity index (χ4n) is 2.99. The molecule has 0 atom stereocenters. The number of ether oxygens (including phenoxy) is 3. The molecular weight excluding hydrogens is 364 g/mol. The zero-order valence-corrected chi connectivity index (χ0v) is 15.4. The molecule has 0 amide bonds. The summed E-state index contributed by atoms with van der Waals surface area (Å²) in [4.78, 5) is 0. The summed E-state index contributed by atoms with van der Waals surface area (Å²) < 4.78 is 18.2. The van der Waals surface area contributed by atoms with Crippen molar-refractivity contribution in [2.75, 3.05) is 19.2 Å². The highest BCUT2D eigenvalue weighted by Gasteiger charge is 2.22. The van der Waals surface area contributed by atoms with Crippen LogP contribution in [0.3, 0.4) is 0 Å². The van der Waals surface area contributed by atoms with Gasteiger partial charge < -0.3 is 14.2 Å². The minimum atomic E-state index is 0.261. The van der Waals surface area contributed by atoms with Crippen molar-refractivity contribution in [3.8, 4) is 28.6 Å². The lowest BCUT2D eigenvalue weighted by Gasteiger charge is -2.14. The average molecular weight is 380 g/mol. The van der Waals surface area contributed by atoms with Crippen LogP contribution in [0.5, 0.6) is 17.2 Å². The molecule has 136 valence electrons. The Kier molecular flexibility index (Phi) is 3.97. The third kappa shape index (κ3) is 2.91. The van der Waals surface area contributed by atoms with Crippen LogP contribution in [0.2, 0.25) is 0 Å². The molecule has 0 saturated carbocycles. The van der Waals surface area contributed by atoms with Gasteiger partial charge in [0.1, 0.15) is 5.75 Å². The predicted octanol–water partition coefficient (Wildman–Crippen LogP) is 3.43. The predicted molar refractivity (Wildman–Crippen MR) is 102 cm³/mol. The summed E-state index contributed by atoms with van der Waals surface area (Å²) in [5.41, 5.74) is 2.88. The summed E-state index contributed by atoms with van der Waals surface area (Å²) in [6.45, 7) is 2.86. The Hall–Kier alpha value is -3.00. The van der Waals surface area contributed by atoms with E-state index < -0.39 is 0 Å². The van der Waals surface area contributed by atoms with E-state index in [4.69, 9.17) is 19.3 Å². The first-order valence-electron chi connectivity index (χ1n) is 8.61. The van der Waals surface area contributed by atoms with Gasteiger partial charge in [-0.05, 0) is 49.4 Å².